The summed E-state index contributed by atoms with van der Waals surface area (Å²) in [6, 6.07) is 29.0. The molecule has 0 radical (unpaired) electrons. The summed E-state index contributed by atoms with van der Waals surface area (Å²) in [4.78, 5) is 10.5. The zero-order chi connectivity index (χ0) is 20.1. The van der Waals surface area contributed by atoms with Gasteiger partial charge in [-0.15, -0.1) is 10.2 Å². The summed E-state index contributed by atoms with van der Waals surface area (Å²) in [5.41, 5.74) is 5.14. The van der Waals surface area contributed by atoms with E-state index in [-0.39, 0.29) is 10.6 Å². The minimum atomic E-state index is -0.383. The Morgan fingerprint density at radius 1 is 0.759 bits per heavy atom. The van der Waals surface area contributed by atoms with E-state index in [1.54, 1.807) is 12.1 Å². The summed E-state index contributed by atoms with van der Waals surface area (Å²) in [7, 11) is 0. The van der Waals surface area contributed by atoms with Crippen LogP contribution in [-0.2, 0) is 5.75 Å². The van der Waals surface area contributed by atoms with Gasteiger partial charge in [0, 0.05) is 23.4 Å². The van der Waals surface area contributed by atoms with E-state index in [0.717, 1.165) is 27.4 Å². The first-order valence-corrected chi connectivity index (χ1v) is 10.0. The van der Waals surface area contributed by atoms with Gasteiger partial charge in [0.2, 0.25) is 0 Å². The van der Waals surface area contributed by atoms with Crippen LogP contribution in [0.25, 0.3) is 22.4 Å². The third-order valence-electron chi connectivity index (χ3n) is 4.44. The molecule has 3 aromatic carbocycles. The quantitative estimate of drug-likeness (QED) is 0.226. The van der Waals surface area contributed by atoms with Gasteiger partial charge in [-0.1, -0.05) is 78.5 Å². The molecular formula is C23H17N3O2S. The lowest BCUT2D eigenvalue weighted by Crippen LogP contribution is -1.91. The Labute approximate surface area is 172 Å². The standard InChI is InChI=1S/C23H17N3O2S/c27-26(28)21-8-4-5-17(15-21)16-29-23-14-13-22(24-25-23)20-11-9-19(10-12-20)18-6-2-1-3-7-18/h1-15H,16H2. The summed E-state index contributed by atoms with van der Waals surface area (Å²) in [6.07, 6.45) is 0. The van der Waals surface area contributed by atoms with Crippen LogP contribution in [0.2, 0.25) is 0 Å². The molecule has 0 aliphatic carbocycles. The van der Waals surface area contributed by atoms with Gasteiger partial charge in [-0.25, -0.2) is 0 Å². The van der Waals surface area contributed by atoms with Gasteiger partial charge in [0.1, 0.15) is 5.03 Å². The van der Waals surface area contributed by atoms with E-state index in [9.17, 15) is 10.1 Å². The number of non-ortho nitro benzene ring substituents is 1. The number of nitrogens with zero attached hydrogens (tertiary/aromatic N) is 3. The van der Waals surface area contributed by atoms with Gasteiger partial charge in [0.05, 0.1) is 10.6 Å². The molecule has 0 aliphatic rings. The Morgan fingerprint density at radius 3 is 2.17 bits per heavy atom. The second kappa shape index (κ2) is 8.67. The van der Waals surface area contributed by atoms with Gasteiger partial charge in [-0.3, -0.25) is 10.1 Å². The molecule has 0 saturated carbocycles. The van der Waals surface area contributed by atoms with Crippen LogP contribution in [0.15, 0.2) is 96.0 Å². The number of nitro benzene ring substituents is 1. The number of thioether (sulfide) groups is 1. The molecule has 0 N–H and O–H groups in total. The molecule has 142 valence electrons. The molecule has 29 heavy (non-hydrogen) atoms. The molecule has 0 amide bonds. The predicted molar refractivity (Wildman–Crippen MR) is 116 cm³/mol. The van der Waals surface area contributed by atoms with Crippen molar-refractivity contribution in [3.8, 4) is 22.4 Å². The second-order valence-electron chi connectivity index (χ2n) is 6.42. The number of rotatable bonds is 6. The van der Waals surface area contributed by atoms with Crippen LogP contribution in [0, 0.1) is 10.1 Å². The first-order chi connectivity index (χ1) is 14.2. The molecule has 0 aliphatic heterocycles. The number of hydrogen-bond acceptors (Lipinski definition) is 5. The van der Waals surface area contributed by atoms with Crippen LogP contribution in [0.1, 0.15) is 5.56 Å². The Balaban J connectivity index is 1.43. The topological polar surface area (TPSA) is 68.9 Å². The van der Waals surface area contributed by atoms with Crippen LogP contribution < -0.4 is 0 Å². The largest absolute Gasteiger partial charge is 0.269 e. The fraction of sp³-hybridized carbons (Fsp3) is 0.0435. The SMILES string of the molecule is O=[N+]([O-])c1cccc(CSc2ccc(-c3ccc(-c4ccccc4)cc3)nn2)c1. The predicted octanol–water partition coefficient (Wildman–Crippen LogP) is 6.01. The Hall–Kier alpha value is -3.51. The van der Waals surface area contributed by atoms with Gasteiger partial charge in [-0.05, 0) is 28.8 Å². The molecule has 5 nitrogen and oxygen atoms in total. The first kappa shape index (κ1) is 18.8. The normalized spacial score (nSPS) is 10.6. The second-order valence-corrected chi connectivity index (χ2v) is 7.41. The lowest BCUT2D eigenvalue weighted by atomic mass is 10.0. The zero-order valence-corrected chi connectivity index (χ0v) is 16.3. The highest BCUT2D eigenvalue weighted by Crippen LogP contribution is 2.26. The van der Waals surface area contributed by atoms with E-state index in [1.165, 1.54) is 23.4 Å². The summed E-state index contributed by atoms with van der Waals surface area (Å²) < 4.78 is 0. The Kier molecular flexibility index (Phi) is 5.63. The van der Waals surface area contributed by atoms with E-state index < -0.39 is 0 Å². The Morgan fingerprint density at radius 2 is 1.48 bits per heavy atom. The number of hydrogen-bond donors (Lipinski definition) is 0. The number of nitro groups is 1. The summed E-state index contributed by atoms with van der Waals surface area (Å²) >= 11 is 1.50. The minimum Gasteiger partial charge on any atom is -0.258 e. The first-order valence-electron chi connectivity index (χ1n) is 9.05. The van der Waals surface area contributed by atoms with Crippen molar-refractivity contribution in [2.24, 2.45) is 0 Å². The molecule has 4 rings (SSSR count). The maximum atomic E-state index is 10.9. The average molecular weight is 399 g/mol. The third kappa shape index (κ3) is 4.67. The van der Waals surface area contributed by atoms with Crippen molar-refractivity contribution >= 4 is 17.4 Å². The van der Waals surface area contributed by atoms with Gasteiger partial charge < -0.3 is 0 Å². The van der Waals surface area contributed by atoms with Crippen LogP contribution in [0.5, 0.6) is 0 Å². The highest BCUT2D eigenvalue weighted by Gasteiger charge is 2.07. The molecule has 0 unspecified atom stereocenters. The van der Waals surface area contributed by atoms with Crippen molar-refractivity contribution in [2.75, 3.05) is 0 Å². The molecule has 1 heterocycles. The van der Waals surface area contributed by atoms with E-state index >= 15 is 0 Å². The summed E-state index contributed by atoms with van der Waals surface area (Å²) in [5, 5.41) is 20.3. The van der Waals surface area contributed by atoms with Gasteiger partial charge in [0.25, 0.3) is 5.69 Å². The van der Waals surface area contributed by atoms with Crippen molar-refractivity contribution in [1.29, 1.82) is 0 Å². The highest BCUT2D eigenvalue weighted by molar-refractivity contribution is 7.98. The van der Waals surface area contributed by atoms with E-state index in [2.05, 4.69) is 34.5 Å². The summed E-state index contributed by atoms with van der Waals surface area (Å²) in [5.74, 6) is 0.599. The van der Waals surface area contributed by atoms with Crippen LogP contribution >= 0.6 is 11.8 Å². The van der Waals surface area contributed by atoms with Gasteiger partial charge in [-0.2, -0.15) is 0 Å². The van der Waals surface area contributed by atoms with Crippen molar-refractivity contribution in [2.45, 2.75) is 10.8 Å². The third-order valence-corrected chi connectivity index (χ3v) is 5.43. The minimum absolute atomic E-state index is 0.100. The van der Waals surface area contributed by atoms with Crippen molar-refractivity contribution < 1.29 is 4.92 Å². The fourth-order valence-electron chi connectivity index (χ4n) is 2.93. The smallest absolute Gasteiger partial charge is 0.258 e. The lowest BCUT2D eigenvalue weighted by molar-refractivity contribution is -0.384. The monoisotopic (exact) mass is 399 g/mol. The van der Waals surface area contributed by atoms with Crippen LogP contribution in [0.4, 0.5) is 5.69 Å². The fourth-order valence-corrected chi connectivity index (χ4v) is 3.69. The van der Waals surface area contributed by atoms with E-state index in [4.69, 9.17) is 0 Å². The average Bonchev–Trinajstić information content (AvgIpc) is 2.79. The van der Waals surface area contributed by atoms with Crippen LogP contribution in [0.3, 0.4) is 0 Å². The van der Waals surface area contributed by atoms with Crippen molar-refractivity contribution in [3.63, 3.8) is 0 Å². The molecule has 0 atom stereocenters. The van der Waals surface area contributed by atoms with E-state index in [0.29, 0.717) is 5.75 Å². The lowest BCUT2D eigenvalue weighted by Gasteiger charge is -2.05. The molecule has 0 bridgehead atoms. The molecule has 0 spiro atoms. The maximum absolute atomic E-state index is 10.9. The van der Waals surface area contributed by atoms with Gasteiger partial charge in [0.15, 0.2) is 0 Å². The molecule has 0 fully saturated rings. The zero-order valence-electron chi connectivity index (χ0n) is 15.4. The molecular weight excluding hydrogens is 382 g/mol. The maximum Gasteiger partial charge on any atom is 0.269 e. The highest BCUT2D eigenvalue weighted by atomic mass is 32.2. The number of aromatic nitrogens is 2. The molecule has 4 aromatic rings. The molecule has 0 saturated heterocycles. The Bertz CT molecular complexity index is 1110. The molecule has 6 heteroatoms. The van der Waals surface area contributed by atoms with Crippen molar-refractivity contribution in [1.82, 2.24) is 10.2 Å². The summed E-state index contributed by atoms with van der Waals surface area (Å²) in [6.45, 7) is 0. The molecule has 1 aromatic heterocycles. The van der Waals surface area contributed by atoms with Crippen LogP contribution in [-0.4, -0.2) is 15.1 Å². The van der Waals surface area contributed by atoms with E-state index in [1.807, 2.05) is 48.5 Å². The van der Waals surface area contributed by atoms with Gasteiger partial charge >= 0.3 is 0 Å². The van der Waals surface area contributed by atoms with Crippen molar-refractivity contribution in [3.05, 3.63) is 107 Å². The number of benzene rings is 3.